The zero-order chi connectivity index (χ0) is 15.6. The smallest absolute Gasteiger partial charge is 0.417 e. The summed E-state index contributed by atoms with van der Waals surface area (Å²) < 4.78 is 38.8. The molecule has 6 heteroatoms. The SMILES string of the molecule is O=C([O-])C(O)c1ccc(-c2ccccc2C(F)(F)F)cc1. The molecule has 2 aromatic carbocycles. The lowest BCUT2D eigenvalue weighted by Crippen LogP contribution is -2.29. The Hall–Kier alpha value is -2.34. The number of carbonyl (C=O) groups excluding carboxylic acids is 1. The van der Waals surface area contributed by atoms with Gasteiger partial charge in [-0.1, -0.05) is 42.5 Å². The number of carboxylic acid groups (broad SMARTS) is 1. The highest BCUT2D eigenvalue weighted by Gasteiger charge is 2.33. The number of aliphatic hydroxyl groups excluding tert-OH is 1. The molecular formula is C15H10F3O3-. The van der Waals surface area contributed by atoms with Crippen molar-refractivity contribution >= 4 is 5.97 Å². The van der Waals surface area contributed by atoms with Gasteiger partial charge in [-0.2, -0.15) is 13.2 Å². The third-order valence-electron chi connectivity index (χ3n) is 2.99. The van der Waals surface area contributed by atoms with Crippen LogP contribution in [0.4, 0.5) is 13.2 Å². The van der Waals surface area contributed by atoms with Gasteiger partial charge in [-0.25, -0.2) is 0 Å². The molecule has 0 saturated heterocycles. The molecule has 0 aliphatic heterocycles. The van der Waals surface area contributed by atoms with Gasteiger partial charge in [-0.05, 0) is 22.8 Å². The Balaban J connectivity index is 2.43. The minimum absolute atomic E-state index is 0.0144. The number of carboxylic acids is 1. The van der Waals surface area contributed by atoms with Crippen LogP contribution < -0.4 is 5.11 Å². The van der Waals surface area contributed by atoms with Crippen LogP contribution in [0.15, 0.2) is 48.5 Å². The van der Waals surface area contributed by atoms with Gasteiger partial charge in [-0.15, -0.1) is 0 Å². The summed E-state index contributed by atoms with van der Waals surface area (Å²) >= 11 is 0. The molecule has 0 aliphatic rings. The van der Waals surface area contributed by atoms with Gasteiger partial charge in [0.15, 0.2) is 0 Å². The third kappa shape index (κ3) is 3.22. The zero-order valence-corrected chi connectivity index (χ0v) is 10.6. The van der Waals surface area contributed by atoms with Gasteiger partial charge in [-0.3, -0.25) is 0 Å². The minimum atomic E-state index is -4.49. The summed E-state index contributed by atoms with van der Waals surface area (Å²) in [6, 6.07) is 10.2. The van der Waals surface area contributed by atoms with Crippen LogP contribution in [0.25, 0.3) is 11.1 Å². The van der Waals surface area contributed by atoms with Crippen LogP contribution in [-0.2, 0) is 11.0 Å². The molecule has 0 heterocycles. The van der Waals surface area contributed by atoms with Crippen molar-refractivity contribution in [3.8, 4) is 11.1 Å². The van der Waals surface area contributed by atoms with Gasteiger partial charge in [0.05, 0.1) is 11.5 Å². The highest BCUT2D eigenvalue weighted by molar-refractivity contribution is 5.73. The number of hydrogen-bond acceptors (Lipinski definition) is 3. The quantitative estimate of drug-likeness (QED) is 0.944. The lowest BCUT2D eigenvalue weighted by molar-refractivity contribution is -0.315. The Morgan fingerprint density at radius 2 is 1.62 bits per heavy atom. The molecule has 0 bridgehead atoms. The van der Waals surface area contributed by atoms with Crippen LogP contribution in [-0.4, -0.2) is 11.1 Å². The van der Waals surface area contributed by atoms with E-state index in [0.717, 1.165) is 6.07 Å². The Bertz CT molecular complexity index is 648. The van der Waals surface area contributed by atoms with Gasteiger partial charge >= 0.3 is 6.18 Å². The fraction of sp³-hybridized carbons (Fsp3) is 0.133. The fourth-order valence-electron chi connectivity index (χ4n) is 1.96. The average Bonchev–Trinajstić information content (AvgIpc) is 2.45. The van der Waals surface area contributed by atoms with Crippen molar-refractivity contribution in [1.82, 2.24) is 0 Å². The van der Waals surface area contributed by atoms with Crippen molar-refractivity contribution in [3.05, 3.63) is 59.7 Å². The van der Waals surface area contributed by atoms with E-state index in [4.69, 9.17) is 0 Å². The molecule has 21 heavy (non-hydrogen) atoms. The number of benzene rings is 2. The largest absolute Gasteiger partial charge is 0.547 e. The number of aliphatic carboxylic acids is 1. The predicted octanol–water partition coefficient (Wildman–Crippen LogP) is 2.16. The van der Waals surface area contributed by atoms with Crippen LogP contribution >= 0.6 is 0 Å². The first-order valence-corrected chi connectivity index (χ1v) is 5.96. The molecule has 0 amide bonds. The van der Waals surface area contributed by atoms with E-state index in [-0.39, 0.29) is 16.7 Å². The van der Waals surface area contributed by atoms with Crippen molar-refractivity contribution in [2.75, 3.05) is 0 Å². The van der Waals surface area contributed by atoms with Crippen LogP contribution in [0.1, 0.15) is 17.2 Å². The first-order chi connectivity index (χ1) is 9.80. The van der Waals surface area contributed by atoms with Crippen LogP contribution in [0, 0.1) is 0 Å². The minimum Gasteiger partial charge on any atom is -0.547 e. The van der Waals surface area contributed by atoms with Gasteiger partial charge in [0, 0.05) is 0 Å². The molecule has 2 rings (SSSR count). The Morgan fingerprint density at radius 1 is 1.05 bits per heavy atom. The molecule has 0 saturated carbocycles. The van der Waals surface area contributed by atoms with Crippen molar-refractivity contribution in [3.63, 3.8) is 0 Å². The van der Waals surface area contributed by atoms with Crippen molar-refractivity contribution < 1.29 is 28.2 Å². The monoisotopic (exact) mass is 295 g/mol. The molecule has 0 aliphatic carbocycles. The Morgan fingerprint density at radius 3 is 2.14 bits per heavy atom. The average molecular weight is 295 g/mol. The summed E-state index contributed by atoms with van der Waals surface area (Å²) in [6.07, 6.45) is -6.29. The standard InChI is InChI=1S/C15H11F3O3/c16-15(17,18)12-4-2-1-3-11(12)9-5-7-10(8-6-9)13(19)14(20)21/h1-8,13,19H,(H,20,21)/p-1. The maximum atomic E-state index is 12.9. The number of alkyl halides is 3. The lowest BCUT2D eigenvalue weighted by Gasteiger charge is -2.15. The Kier molecular flexibility index (Phi) is 3.99. The predicted molar refractivity (Wildman–Crippen MR) is 66.8 cm³/mol. The van der Waals surface area contributed by atoms with E-state index in [1.54, 1.807) is 0 Å². The van der Waals surface area contributed by atoms with E-state index >= 15 is 0 Å². The summed E-state index contributed by atoms with van der Waals surface area (Å²) in [4.78, 5) is 10.5. The Labute approximate surface area is 118 Å². The molecule has 0 aromatic heterocycles. The highest BCUT2D eigenvalue weighted by Crippen LogP contribution is 2.37. The molecule has 1 atom stereocenters. The highest BCUT2D eigenvalue weighted by atomic mass is 19.4. The zero-order valence-electron chi connectivity index (χ0n) is 10.6. The molecule has 1 unspecified atom stereocenters. The molecule has 1 N–H and O–H groups in total. The van der Waals surface area contributed by atoms with Gasteiger partial charge < -0.3 is 15.0 Å². The van der Waals surface area contributed by atoms with Crippen LogP contribution in [0.2, 0.25) is 0 Å². The first-order valence-electron chi connectivity index (χ1n) is 5.96. The van der Waals surface area contributed by atoms with Crippen LogP contribution in [0.3, 0.4) is 0 Å². The summed E-state index contributed by atoms with van der Waals surface area (Å²) in [6.45, 7) is 0. The molecule has 0 spiro atoms. The molecule has 0 fully saturated rings. The number of rotatable bonds is 3. The van der Waals surface area contributed by atoms with Crippen molar-refractivity contribution in [2.45, 2.75) is 12.3 Å². The summed E-state index contributed by atoms with van der Waals surface area (Å²) in [7, 11) is 0. The molecule has 110 valence electrons. The molecule has 3 nitrogen and oxygen atoms in total. The summed E-state index contributed by atoms with van der Waals surface area (Å²) in [5, 5.41) is 19.8. The second kappa shape index (κ2) is 5.57. The summed E-state index contributed by atoms with van der Waals surface area (Å²) in [5.74, 6) is -1.67. The number of hydrogen-bond donors (Lipinski definition) is 1. The third-order valence-corrected chi connectivity index (χ3v) is 2.99. The first kappa shape index (κ1) is 15.1. The second-order valence-corrected chi connectivity index (χ2v) is 4.39. The van der Waals surface area contributed by atoms with E-state index in [2.05, 4.69) is 0 Å². The number of halogens is 3. The lowest BCUT2D eigenvalue weighted by atomic mass is 9.97. The summed E-state index contributed by atoms with van der Waals surface area (Å²) in [5.41, 5.74) is -0.474. The second-order valence-electron chi connectivity index (χ2n) is 4.39. The van der Waals surface area contributed by atoms with Crippen molar-refractivity contribution in [2.24, 2.45) is 0 Å². The maximum absolute atomic E-state index is 12.9. The van der Waals surface area contributed by atoms with Gasteiger partial charge in [0.2, 0.25) is 0 Å². The molecular weight excluding hydrogens is 285 g/mol. The number of aliphatic hydroxyl groups is 1. The molecule has 0 radical (unpaired) electrons. The van der Waals surface area contributed by atoms with E-state index in [1.807, 2.05) is 0 Å². The molecule has 2 aromatic rings. The number of carbonyl (C=O) groups is 1. The van der Waals surface area contributed by atoms with Gasteiger partial charge in [0.1, 0.15) is 6.10 Å². The van der Waals surface area contributed by atoms with E-state index in [9.17, 15) is 28.2 Å². The van der Waals surface area contributed by atoms with Crippen molar-refractivity contribution in [1.29, 1.82) is 0 Å². The van der Waals surface area contributed by atoms with E-state index in [0.29, 0.717) is 0 Å². The maximum Gasteiger partial charge on any atom is 0.417 e. The van der Waals surface area contributed by atoms with Crippen LogP contribution in [0.5, 0.6) is 0 Å². The normalized spacial score (nSPS) is 13.0. The van der Waals surface area contributed by atoms with E-state index < -0.39 is 23.8 Å². The van der Waals surface area contributed by atoms with Gasteiger partial charge in [0.25, 0.3) is 0 Å². The topological polar surface area (TPSA) is 60.4 Å². The fourth-order valence-corrected chi connectivity index (χ4v) is 1.96. The van der Waals surface area contributed by atoms with E-state index in [1.165, 1.54) is 42.5 Å².